The fraction of sp³-hybridized carbons (Fsp3) is 0.354. The summed E-state index contributed by atoms with van der Waals surface area (Å²) in [6, 6.07) is 19.6. The number of sulfonamides is 1. The number of aliphatic carboxylic acids is 1. The number of rotatable bonds is 13. The molecule has 0 spiro atoms. The van der Waals surface area contributed by atoms with Crippen molar-refractivity contribution in [2.75, 3.05) is 41.4 Å². The summed E-state index contributed by atoms with van der Waals surface area (Å²) in [6.07, 6.45) is 3.09. The van der Waals surface area contributed by atoms with E-state index in [1.54, 1.807) is 33.5 Å². The number of halogens is 1. The number of aromatic amines is 1. The molecular weight excluding hydrogens is 948 g/mol. The first-order valence-corrected chi connectivity index (χ1v) is 25.4. The van der Waals surface area contributed by atoms with E-state index in [0.717, 1.165) is 46.2 Å². The molecule has 358 valence electrons. The van der Waals surface area contributed by atoms with E-state index < -0.39 is 46.1 Å². The fourth-order valence-electron chi connectivity index (χ4n) is 10.4. The number of nitrogens with one attached hydrogen (secondary N) is 3. The lowest BCUT2D eigenvalue weighted by Gasteiger charge is -2.44. The Morgan fingerprint density at radius 2 is 1.75 bits per heavy atom. The quantitative estimate of drug-likeness (QED) is 0.0733. The maximum absolute atomic E-state index is 14.1. The van der Waals surface area contributed by atoms with Crippen LogP contribution in [0.5, 0.6) is 5.75 Å². The van der Waals surface area contributed by atoms with Crippen molar-refractivity contribution in [1.82, 2.24) is 24.6 Å². The second-order valence-corrected chi connectivity index (χ2v) is 21.8. The van der Waals surface area contributed by atoms with Crippen LogP contribution in [0.4, 0.5) is 17.3 Å². The molecule has 0 radical (unpaired) electrons. The van der Waals surface area contributed by atoms with E-state index >= 15 is 0 Å². The maximum Gasteiger partial charge on any atom is 0.349 e. The monoisotopic (exact) mass is 994 g/mol. The summed E-state index contributed by atoms with van der Waals surface area (Å²) >= 11 is 7.42. The summed E-state index contributed by atoms with van der Waals surface area (Å²) in [5.41, 5.74) is 4.45. The smallest absolute Gasteiger partial charge is 0.349 e. The van der Waals surface area contributed by atoms with Crippen LogP contribution >= 0.6 is 22.9 Å². The van der Waals surface area contributed by atoms with Crippen LogP contribution in [0.3, 0.4) is 0 Å². The van der Waals surface area contributed by atoms with E-state index in [1.165, 1.54) is 0 Å². The standard InChI is InChI=1S/C48H47ClN8O10S2/c1-48(2)22-28(50-27-6-3-5-26(21-27)41-39(49)40(67-23-37(59)60)42(68-41)46(63)64)17-20-56(48)69(65,66)24-29-9-11-33-43(51-29)54-47(52-33)55-18-15-25(16-19-55)30-10-12-34-38-31(30)7-4-8-32(38)45(62)57(34)35-13-14-36(58)53-44(35)61/h3-12,21,25,28,35,50H,13-20,22-24H2,1-2H3,(H,59,60)(H,63,64)(H,51,52,54)(H,53,58,61). The predicted octanol–water partition coefficient (Wildman–Crippen LogP) is 6.99. The molecule has 3 saturated heterocycles. The Morgan fingerprint density at radius 3 is 2.49 bits per heavy atom. The van der Waals surface area contributed by atoms with Gasteiger partial charge in [0, 0.05) is 54.3 Å². The van der Waals surface area contributed by atoms with Crippen LogP contribution < -0.4 is 25.2 Å². The topological polar surface area (TPSA) is 245 Å². The van der Waals surface area contributed by atoms with Crippen molar-refractivity contribution in [3.05, 3.63) is 93.5 Å². The van der Waals surface area contributed by atoms with Gasteiger partial charge in [0.15, 0.2) is 22.9 Å². The molecule has 3 amide bonds. The number of anilines is 3. The molecule has 5 N–H and O–H groups in total. The molecule has 0 aliphatic carbocycles. The van der Waals surface area contributed by atoms with Gasteiger partial charge in [-0.3, -0.25) is 24.6 Å². The first-order chi connectivity index (χ1) is 33.0. The summed E-state index contributed by atoms with van der Waals surface area (Å²) in [5.74, 6) is -3.23. The van der Waals surface area contributed by atoms with Crippen molar-refractivity contribution in [3.63, 3.8) is 0 Å². The van der Waals surface area contributed by atoms with Gasteiger partial charge in [-0.25, -0.2) is 23.0 Å². The van der Waals surface area contributed by atoms with Crippen molar-refractivity contribution in [2.24, 2.45) is 0 Å². The zero-order chi connectivity index (χ0) is 48.5. The highest BCUT2D eigenvalue weighted by atomic mass is 35.5. The van der Waals surface area contributed by atoms with Gasteiger partial charge in [0.1, 0.15) is 16.8 Å². The third-order valence-electron chi connectivity index (χ3n) is 13.5. The third kappa shape index (κ3) is 8.63. The first kappa shape index (κ1) is 46.1. The number of benzene rings is 3. The molecule has 4 aliphatic rings. The Balaban J connectivity index is 0.778. The van der Waals surface area contributed by atoms with Crippen LogP contribution in [-0.4, -0.2) is 111 Å². The van der Waals surface area contributed by atoms with Crippen molar-refractivity contribution in [2.45, 2.75) is 81.7 Å². The molecule has 3 fully saturated rings. The molecule has 4 aliphatic heterocycles. The molecule has 0 bridgehead atoms. The van der Waals surface area contributed by atoms with Gasteiger partial charge in [-0.1, -0.05) is 41.9 Å². The van der Waals surface area contributed by atoms with Crippen LogP contribution in [0.25, 0.3) is 32.4 Å². The van der Waals surface area contributed by atoms with Gasteiger partial charge in [0.25, 0.3) is 5.91 Å². The van der Waals surface area contributed by atoms with E-state index in [4.69, 9.17) is 31.4 Å². The molecule has 18 nitrogen and oxygen atoms in total. The lowest BCUT2D eigenvalue weighted by molar-refractivity contribution is -0.139. The highest BCUT2D eigenvalue weighted by Crippen LogP contribution is 2.47. The number of H-pyrrole nitrogens is 1. The molecule has 10 rings (SSSR count). The number of carbonyl (C=O) groups excluding carboxylic acids is 3. The van der Waals surface area contributed by atoms with E-state index in [2.05, 4.69) is 26.6 Å². The van der Waals surface area contributed by atoms with Gasteiger partial charge < -0.3 is 30.2 Å². The number of pyridine rings is 1. The molecule has 6 aromatic rings. The van der Waals surface area contributed by atoms with Gasteiger partial charge in [-0.2, -0.15) is 9.29 Å². The average molecular weight is 996 g/mol. The number of hydrogen-bond acceptors (Lipinski definition) is 13. The number of nitrogens with zero attached hydrogens (tertiary/aromatic N) is 5. The number of carboxylic acids is 2. The van der Waals surface area contributed by atoms with Crippen LogP contribution in [0.15, 0.2) is 66.7 Å². The minimum Gasteiger partial charge on any atom is -0.479 e. The molecule has 69 heavy (non-hydrogen) atoms. The normalized spacial score (nSPS) is 19.9. The fourth-order valence-corrected chi connectivity index (χ4v) is 13.7. The lowest BCUT2D eigenvalue weighted by atomic mass is 9.85. The third-order valence-corrected chi connectivity index (χ3v) is 17.2. The Kier molecular flexibility index (Phi) is 11.9. The van der Waals surface area contributed by atoms with E-state index in [1.807, 2.05) is 50.2 Å². The number of aromatic carboxylic acids is 1. The summed E-state index contributed by atoms with van der Waals surface area (Å²) in [7, 11) is -3.82. The van der Waals surface area contributed by atoms with Crippen molar-refractivity contribution in [1.29, 1.82) is 0 Å². The van der Waals surface area contributed by atoms with Gasteiger partial charge in [0.2, 0.25) is 27.8 Å². The van der Waals surface area contributed by atoms with E-state index in [9.17, 15) is 37.5 Å². The first-order valence-electron chi connectivity index (χ1n) is 22.6. The number of imide groups is 1. The number of ether oxygens (including phenoxy) is 1. The number of piperidine rings is 3. The average Bonchev–Trinajstić information content (AvgIpc) is 3.97. The molecule has 7 heterocycles. The van der Waals surface area contributed by atoms with Crippen LogP contribution in [0.2, 0.25) is 5.02 Å². The number of amides is 3. The number of imidazole rings is 1. The highest BCUT2D eigenvalue weighted by Gasteiger charge is 2.43. The molecule has 2 atom stereocenters. The van der Waals surface area contributed by atoms with Crippen LogP contribution in [-0.2, 0) is 30.2 Å². The minimum atomic E-state index is -3.82. The number of carboxylic acid groups (broad SMARTS) is 2. The van der Waals surface area contributed by atoms with Gasteiger partial charge in [-0.05, 0) is 105 Å². The van der Waals surface area contributed by atoms with Crippen LogP contribution in [0, 0.1) is 0 Å². The number of aromatic nitrogens is 3. The molecule has 0 saturated carbocycles. The Labute approximate surface area is 404 Å². The summed E-state index contributed by atoms with van der Waals surface area (Å²) in [6.45, 7) is 4.71. The second-order valence-electron chi connectivity index (χ2n) is 18.5. The SMILES string of the molecule is CC1(C)CC(Nc2cccc(-c3sc(C(=O)O)c(OCC(=O)O)c3Cl)c2)CCN1S(=O)(=O)Cc1ccc2[nH]c(N3CCC(c4ccc5c6c(cccc46)C(=O)N5C4CCC(=O)NC4=O)CC3)nc2n1. The zero-order valence-corrected chi connectivity index (χ0v) is 39.8. The summed E-state index contributed by atoms with van der Waals surface area (Å²) in [4.78, 5) is 78.2. The van der Waals surface area contributed by atoms with E-state index in [-0.39, 0.29) is 64.6 Å². The largest absolute Gasteiger partial charge is 0.479 e. The van der Waals surface area contributed by atoms with Crippen molar-refractivity contribution >= 4 is 102 Å². The van der Waals surface area contributed by atoms with Crippen molar-refractivity contribution < 1.29 is 47.3 Å². The number of carbonyl (C=O) groups is 5. The predicted molar refractivity (Wildman–Crippen MR) is 260 cm³/mol. The highest BCUT2D eigenvalue weighted by molar-refractivity contribution is 7.88. The number of hydrogen-bond donors (Lipinski definition) is 5. The molecule has 3 aromatic carbocycles. The molecule has 21 heteroatoms. The molecule has 2 unspecified atom stereocenters. The Morgan fingerprint density at radius 1 is 0.971 bits per heavy atom. The summed E-state index contributed by atoms with van der Waals surface area (Å²) < 4.78 is 35.0. The zero-order valence-electron chi connectivity index (χ0n) is 37.5. The maximum atomic E-state index is 14.1. The Bertz CT molecular complexity index is 3240. The lowest BCUT2D eigenvalue weighted by Crippen LogP contribution is -2.55. The van der Waals surface area contributed by atoms with E-state index in [0.29, 0.717) is 70.4 Å². The molecular formula is C48H47ClN8O10S2. The number of thiophene rings is 1. The van der Waals surface area contributed by atoms with Gasteiger partial charge in [0.05, 0.1) is 21.8 Å². The Hall–Kier alpha value is -6.61. The van der Waals surface area contributed by atoms with Crippen LogP contribution in [0.1, 0.15) is 89.6 Å². The van der Waals surface area contributed by atoms with Gasteiger partial charge in [-0.15, -0.1) is 11.3 Å². The summed E-state index contributed by atoms with van der Waals surface area (Å²) in [5, 5.41) is 26.5. The minimum absolute atomic E-state index is 0.00442. The van der Waals surface area contributed by atoms with Crippen molar-refractivity contribution in [3.8, 4) is 16.2 Å². The van der Waals surface area contributed by atoms with Gasteiger partial charge >= 0.3 is 11.9 Å². The number of fused-ring (bicyclic) bond motifs is 1. The molecule has 3 aromatic heterocycles. The second kappa shape index (κ2) is 17.7.